The summed E-state index contributed by atoms with van der Waals surface area (Å²) < 4.78 is 4.58. The first kappa shape index (κ1) is 13.1. The zero-order chi connectivity index (χ0) is 9.30. The van der Waals surface area contributed by atoms with Gasteiger partial charge in [-0.25, -0.2) is 0 Å². The first-order valence-electron chi connectivity index (χ1n) is 3.56. The van der Waals surface area contributed by atoms with E-state index in [0.717, 1.165) is 0 Å². The van der Waals surface area contributed by atoms with Gasteiger partial charge in [-0.05, 0) is 0 Å². The SMILES string of the molecule is Cl.OCC1OC(O)[C@H](O)[C@H](O)[C@H]1O. The van der Waals surface area contributed by atoms with Crippen LogP contribution < -0.4 is 0 Å². The van der Waals surface area contributed by atoms with Crippen molar-refractivity contribution in [1.29, 1.82) is 0 Å². The van der Waals surface area contributed by atoms with Gasteiger partial charge in [0, 0.05) is 0 Å². The average Bonchev–Trinajstić information content (AvgIpc) is 2.08. The third-order valence-corrected chi connectivity index (χ3v) is 1.87. The summed E-state index contributed by atoms with van der Waals surface area (Å²) in [5.74, 6) is 0. The van der Waals surface area contributed by atoms with Gasteiger partial charge in [0.25, 0.3) is 0 Å². The van der Waals surface area contributed by atoms with Gasteiger partial charge in [0.05, 0.1) is 6.61 Å². The van der Waals surface area contributed by atoms with Gasteiger partial charge in [0.15, 0.2) is 6.29 Å². The van der Waals surface area contributed by atoms with Crippen molar-refractivity contribution in [2.45, 2.75) is 30.7 Å². The molecule has 7 heteroatoms. The van der Waals surface area contributed by atoms with Crippen molar-refractivity contribution in [3.63, 3.8) is 0 Å². The van der Waals surface area contributed by atoms with Crippen LogP contribution in [-0.4, -0.2) is 62.8 Å². The van der Waals surface area contributed by atoms with Gasteiger partial charge in [0.1, 0.15) is 24.4 Å². The molecular weight excluding hydrogens is 204 g/mol. The maximum Gasteiger partial charge on any atom is 0.184 e. The molecule has 80 valence electrons. The van der Waals surface area contributed by atoms with Crippen molar-refractivity contribution in [3.05, 3.63) is 0 Å². The van der Waals surface area contributed by atoms with Crippen LogP contribution in [0.15, 0.2) is 0 Å². The predicted molar refractivity (Wildman–Crippen MR) is 43.2 cm³/mol. The number of ether oxygens (including phenoxy) is 1. The highest BCUT2D eigenvalue weighted by molar-refractivity contribution is 5.85. The maximum absolute atomic E-state index is 9.12. The molecule has 1 aliphatic heterocycles. The summed E-state index contributed by atoms with van der Waals surface area (Å²) >= 11 is 0. The van der Waals surface area contributed by atoms with Crippen molar-refractivity contribution >= 4 is 12.4 Å². The summed E-state index contributed by atoms with van der Waals surface area (Å²) in [6, 6.07) is 0. The highest BCUT2D eigenvalue weighted by Crippen LogP contribution is 2.18. The first-order chi connectivity index (χ1) is 5.57. The number of aliphatic hydroxyl groups excluding tert-OH is 5. The van der Waals surface area contributed by atoms with Crippen LogP contribution in [0.4, 0.5) is 0 Å². The molecule has 1 heterocycles. The molecule has 1 saturated heterocycles. The zero-order valence-electron chi connectivity index (χ0n) is 6.65. The molecule has 0 aromatic heterocycles. The van der Waals surface area contributed by atoms with Gasteiger partial charge < -0.3 is 30.3 Å². The number of hydrogen-bond donors (Lipinski definition) is 5. The number of halogens is 1. The molecular formula is C6H13ClO6. The summed E-state index contributed by atoms with van der Waals surface area (Å²) in [5, 5.41) is 44.7. The minimum Gasteiger partial charge on any atom is -0.394 e. The summed E-state index contributed by atoms with van der Waals surface area (Å²) in [6.45, 7) is -0.526. The van der Waals surface area contributed by atoms with Crippen molar-refractivity contribution < 1.29 is 30.3 Å². The van der Waals surface area contributed by atoms with E-state index in [0.29, 0.717) is 0 Å². The standard InChI is InChI=1S/C6H12O6.ClH/c7-1-2-3(8)4(9)5(10)6(11)12-2;/h2-11H,1H2;1H/t2?,3-,4+,5+,6?;/m0./s1. The zero-order valence-corrected chi connectivity index (χ0v) is 7.46. The van der Waals surface area contributed by atoms with Crippen LogP contribution in [0.3, 0.4) is 0 Å². The maximum atomic E-state index is 9.12. The molecule has 6 nitrogen and oxygen atoms in total. The van der Waals surface area contributed by atoms with E-state index in [1.807, 2.05) is 0 Å². The molecule has 1 fully saturated rings. The molecule has 1 rings (SSSR count). The van der Waals surface area contributed by atoms with E-state index >= 15 is 0 Å². The fraction of sp³-hybridized carbons (Fsp3) is 1.00. The predicted octanol–water partition coefficient (Wildman–Crippen LogP) is -2.80. The van der Waals surface area contributed by atoms with Crippen LogP contribution in [-0.2, 0) is 4.74 Å². The van der Waals surface area contributed by atoms with Gasteiger partial charge in [0.2, 0.25) is 0 Å². The van der Waals surface area contributed by atoms with Crippen LogP contribution in [0.25, 0.3) is 0 Å². The van der Waals surface area contributed by atoms with Crippen LogP contribution in [0.2, 0.25) is 0 Å². The molecule has 5 N–H and O–H groups in total. The Morgan fingerprint density at radius 2 is 1.46 bits per heavy atom. The smallest absolute Gasteiger partial charge is 0.184 e. The molecule has 13 heavy (non-hydrogen) atoms. The summed E-state index contributed by atoms with van der Waals surface area (Å²) in [7, 11) is 0. The second-order valence-corrected chi connectivity index (χ2v) is 2.72. The molecule has 0 bridgehead atoms. The average molecular weight is 217 g/mol. The lowest BCUT2D eigenvalue weighted by Crippen LogP contribution is -2.58. The molecule has 0 aromatic carbocycles. The van der Waals surface area contributed by atoms with Gasteiger partial charge in [-0.15, -0.1) is 12.4 Å². The lowest BCUT2D eigenvalue weighted by atomic mass is 10.00. The molecule has 0 aliphatic carbocycles. The fourth-order valence-electron chi connectivity index (χ4n) is 1.08. The Morgan fingerprint density at radius 1 is 0.923 bits per heavy atom. The van der Waals surface area contributed by atoms with Crippen molar-refractivity contribution in [2.75, 3.05) is 6.61 Å². The van der Waals surface area contributed by atoms with Crippen LogP contribution in [0, 0.1) is 0 Å². The Hall–Kier alpha value is 0.0500. The van der Waals surface area contributed by atoms with Gasteiger partial charge in [-0.2, -0.15) is 0 Å². The number of hydrogen-bond acceptors (Lipinski definition) is 6. The van der Waals surface area contributed by atoms with E-state index in [9.17, 15) is 0 Å². The summed E-state index contributed by atoms with van der Waals surface area (Å²) in [5.41, 5.74) is 0. The lowest BCUT2D eigenvalue weighted by Gasteiger charge is -2.37. The summed E-state index contributed by atoms with van der Waals surface area (Å²) in [4.78, 5) is 0. The van der Waals surface area contributed by atoms with E-state index in [4.69, 9.17) is 25.5 Å². The topological polar surface area (TPSA) is 110 Å². The molecule has 1 aliphatic rings. The minimum absolute atomic E-state index is 0. The molecule has 2 unspecified atom stereocenters. The molecule has 5 atom stereocenters. The minimum atomic E-state index is -1.57. The third-order valence-electron chi connectivity index (χ3n) is 1.87. The molecule has 0 radical (unpaired) electrons. The Morgan fingerprint density at radius 3 is 1.92 bits per heavy atom. The Labute approximate surface area is 80.8 Å². The largest absolute Gasteiger partial charge is 0.394 e. The van der Waals surface area contributed by atoms with E-state index in [2.05, 4.69) is 4.74 Å². The van der Waals surface area contributed by atoms with E-state index in [1.165, 1.54) is 0 Å². The molecule has 0 spiro atoms. The quantitative estimate of drug-likeness (QED) is 0.324. The number of aliphatic hydroxyl groups is 5. The van der Waals surface area contributed by atoms with E-state index < -0.39 is 37.3 Å². The molecule has 0 saturated carbocycles. The van der Waals surface area contributed by atoms with Gasteiger partial charge in [-0.1, -0.05) is 0 Å². The van der Waals surface area contributed by atoms with Crippen molar-refractivity contribution in [3.8, 4) is 0 Å². The summed E-state index contributed by atoms with van der Waals surface area (Å²) in [6.07, 6.45) is -7.04. The Kier molecular flexibility index (Phi) is 5.08. The molecule has 0 aromatic rings. The highest BCUT2D eigenvalue weighted by Gasteiger charge is 2.42. The van der Waals surface area contributed by atoms with Gasteiger partial charge in [-0.3, -0.25) is 0 Å². The second-order valence-electron chi connectivity index (χ2n) is 2.72. The normalized spacial score (nSPS) is 45.5. The lowest BCUT2D eigenvalue weighted by molar-refractivity contribution is -0.286. The van der Waals surface area contributed by atoms with Crippen molar-refractivity contribution in [1.82, 2.24) is 0 Å². The second kappa shape index (κ2) is 5.06. The first-order valence-corrected chi connectivity index (χ1v) is 3.56. The third kappa shape index (κ3) is 2.50. The van der Waals surface area contributed by atoms with Crippen LogP contribution in [0.5, 0.6) is 0 Å². The number of rotatable bonds is 1. The molecule has 0 amide bonds. The van der Waals surface area contributed by atoms with Crippen molar-refractivity contribution in [2.24, 2.45) is 0 Å². The van der Waals surface area contributed by atoms with Gasteiger partial charge >= 0.3 is 0 Å². The monoisotopic (exact) mass is 216 g/mol. The fourth-order valence-corrected chi connectivity index (χ4v) is 1.08. The van der Waals surface area contributed by atoms with E-state index in [1.54, 1.807) is 0 Å². The van der Waals surface area contributed by atoms with Crippen LogP contribution >= 0.6 is 12.4 Å². The highest BCUT2D eigenvalue weighted by atomic mass is 35.5. The Bertz CT molecular complexity index is 151. The Balaban J connectivity index is 0.00000144. The van der Waals surface area contributed by atoms with E-state index in [-0.39, 0.29) is 12.4 Å². The van der Waals surface area contributed by atoms with Crippen LogP contribution in [0.1, 0.15) is 0 Å².